The van der Waals surface area contributed by atoms with Crippen LogP contribution in [0.5, 0.6) is 0 Å². The van der Waals surface area contributed by atoms with Crippen molar-refractivity contribution in [2.75, 3.05) is 12.4 Å². The van der Waals surface area contributed by atoms with Crippen molar-refractivity contribution in [1.29, 1.82) is 0 Å². The molecule has 0 N–H and O–H groups in total. The maximum absolute atomic E-state index is 11.8. The highest BCUT2D eigenvalue weighted by Gasteiger charge is 2.08. The van der Waals surface area contributed by atoms with Crippen molar-refractivity contribution >= 4 is 16.2 Å². The molecule has 0 aliphatic carbocycles. The van der Waals surface area contributed by atoms with Gasteiger partial charge in [-0.1, -0.05) is 0 Å². The second-order valence-electron chi connectivity index (χ2n) is 2.15. The lowest BCUT2D eigenvalue weighted by molar-refractivity contribution is -0.143. The molecule has 0 fully saturated rings. The number of carbonyl (C=O) groups is 1. The van der Waals surface area contributed by atoms with Gasteiger partial charge in [-0.05, 0) is 13.3 Å². The van der Waals surface area contributed by atoms with Crippen LogP contribution >= 0.6 is 0 Å². The van der Waals surface area contributed by atoms with Gasteiger partial charge in [0.15, 0.2) is 0 Å². The summed E-state index contributed by atoms with van der Waals surface area (Å²) >= 11 is 0. The number of carbonyl (C=O) groups excluding carboxylic acids is 1. The summed E-state index contributed by atoms with van der Waals surface area (Å²) < 4.78 is 36.2. The molecule has 0 aromatic heterocycles. The van der Waals surface area contributed by atoms with Gasteiger partial charge in [0.2, 0.25) is 0 Å². The Balaban J connectivity index is 3.51. The molecule has 0 saturated carbocycles. The first kappa shape index (κ1) is 11.4. The molecule has 0 aromatic rings. The summed E-state index contributed by atoms with van der Waals surface area (Å²) in [5, 5.41) is 0. The molecule has 0 rings (SSSR count). The lowest BCUT2D eigenvalue weighted by Crippen LogP contribution is -2.06. The van der Waals surface area contributed by atoms with Crippen molar-refractivity contribution in [1.82, 2.24) is 0 Å². The monoisotopic (exact) mass is 198 g/mol. The van der Waals surface area contributed by atoms with Crippen molar-refractivity contribution in [3.8, 4) is 0 Å². The second-order valence-corrected chi connectivity index (χ2v) is 3.64. The molecule has 0 spiro atoms. The van der Waals surface area contributed by atoms with Crippen molar-refractivity contribution < 1.29 is 21.8 Å². The lowest BCUT2D eigenvalue weighted by Gasteiger charge is -1.98. The molecule has 0 aliphatic rings. The van der Waals surface area contributed by atoms with Gasteiger partial charge < -0.3 is 4.74 Å². The van der Waals surface area contributed by atoms with E-state index >= 15 is 0 Å². The van der Waals surface area contributed by atoms with E-state index in [4.69, 9.17) is 0 Å². The van der Waals surface area contributed by atoms with Gasteiger partial charge in [0.1, 0.15) is 0 Å². The second kappa shape index (κ2) is 5.08. The van der Waals surface area contributed by atoms with E-state index in [1.807, 2.05) is 0 Å². The zero-order valence-electron chi connectivity index (χ0n) is 6.75. The number of hydrogen-bond acceptors (Lipinski definition) is 4. The van der Waals surface area contributed by atoms with Crippen LogP contribution < -0.4 is 0 Å². The van der Waals surface area contributed by atoms with Gasteiger partial charge >= 0.3 is 16.2 Å². The third-order valence-corrected chi connectivity index (χ3v) is 1.85. The Kier molecular flexibility index (Phi) is 4.80. The summed E-state index contributed by atoms with van der Waals surface area (Å²) in [4.78, 5) is 10.6. The van der Waals surface area contributed by atoms with E-state index in [0.29, 0.717) is 0 Å². The highest BCUT2D eigenvalue weighted by Crippen LogP contribution is 1.99. The molecule has 12 heavy (non-hydrogen) atoms. The van der Waals surface area contributed by atoms with Gasteiger partial charge in [-0.3, -0.25) is 4.79 Å². The summed E-state index contributed by atoms with van der Waals surface area (Å²) in [6, 6.07) is 0. The molecule has 0 amide bonds. The van der Waals surface area contributed by atoms with E-state index in [1.165, 1.54) is 0 Å². The Labute approximate surface area is 70.9 Å². The van der Waals surface area contributed by atoms with Crippen LogP contribution in [0.15, 0.2) is 0 Å². The number of esters is 1. The SMILES string of the molecule is CCOC(=O)CCCS(=O)(=O)F. The average molecular weight is 198 g/mol. The molecule has 0 aliphatic heterocycles. The van der Waals surface area contributed by atoms with E-state index in [9.17, 15) is 17.1 Å². The minimum atomic E-state index is -4.44. The van der Waals surface area contributed by atoms with Crippen molar-refractivity contribution in [2.24, 2.45) is 0 Å². The Morgan fingerprint density at radius 1 is 1.50 bits per heavy atom. The van der Waals surface area contributed by atoms with Crippen molar-refractivity contribution in [3.05, 3.63) is 0 Å². The summed E-state index contributed by atoms with van der Waals surface area (Å²) in [6.07, 6.45) is -0.0886. The molecular formula is C6H11FO4S. The quantitative estimate of drug-likeness (QED) is 0.480. The Morgan fingerprint density at radius 3 is 2.50 bits per heavy atom. The highest BCUT2D eigenvalue weighted by molar-refractivity contribution is 7.86. The van der Waals surface area contributed by atoms with Crippen LogP contribution in [-0.4, -0.2) is 26.7 Å². The molecule has 0 heterocycles. The van der Waals surface area contributed by atoms with Crippen LogP contribution in [0.4, 0.5) is 3.89 Å². The Hall–Kier alpha value is -0.650. The van der Waals surface area contributed by atoms with Gasteiger partial charge in [0, 0.05) is 6.42 Å². The molecule has 0 unspecified atom stereocenters. The molecule has 6 heteroatoms. The van der Waals surface area contributed by atoms with E-state index in [0.717, 1.165) is 0 Å². The molecule has 0 atom stereocenters. The maximum atomic E-state index is 11.8. The van der Waals surface area contributed by atoms with Crippen molar-refractivity contribution in [3.63, 3.8) is 0 Å². The molecule has 0 radical (unpaired) electrons. The van der Waals surface area contributed by atoms with Gasteiger partial charge in [-0.2, -0.15) is 8.42 Å². The molecule has 0 saturated heterocycles. The zero-order valence-corrected chi connectivity index (χ0v) is 7.56. The van der Waals surface area contributed by atoms with Crippen LogP contribution in [0.25, 0.3) is 0 Å². The molecule has 0 aromatic carbocycles. The first-order chi connectivity index (χ1) is 5.45. The van der Waals surface area contributed by atoms with Gasteiger partial charge in [0.25, 0.3) is 0 Å². The van der Waals surface area contributed by atoms with E-state index in [-0.39, 0.29) is 19.4 Å². The van der Waals surface area contributed by atoms with Crippen LogP contribution in [0.3, 0.4) is 0 Å². The standard InChI is InChI=1S/C6H11FO4S/c1-2-11-6(8)4-3-5-12(7,9)10/h2-5H2,1H3. The minimum Gasteiger partial charge on any atom is -0.466 e. The third-order valence-electron chi connectivity index (χ3n) is 1.07. The number of halogens is 1. The van der Waals surface area contributed by atoms with Crippen LogP contribution in [0, 0.1) is 0 Å². The first-order valence-corrected chi connectivity index (χ1v) is 5.09. The molecule has 4 nitrogen and oxygen atoms in total. The first-order valence-electron chi connectivity index (χ1n) is 3.53. The largest absolute Gasteiger partial charge is 0.466 e. The highest BCUT2D eigenvalue weighted by atomic mass is 32.3. The van der Waals surface area contributed by atoms with Crippen LogP contribution in [0.2, 0.25) is 0 Å². The maximum Gasteiger partial charge on any atom is 0.305 e. The van der Waals surface area contributed by atoms with E-state index < -0.39 is 21.9 Å². The fourth-order valence-corrected chi connectivity index (χ4v) is 1.11. The van der Waals surface area contributed by atoms with Gasteiger partial charge in [0.05, 0.1) is 12.4 Å². The summed E-state index contributed by atoms with van der Waals surface area (Å²) in [5.74, 6) is -1.12. The van der Waals surface area contributed by atoms with Crippen molar-refractivity contribution in [2.45, 2.75) is 19.8 Å². The fourth-order valence-electron chi connectivity index (χ4n) is 0.622. The Morgan fingerprint density at radius 2 is 2.08 bits per heavy atom. The third kappa shape index (κ3) is 7.46. The number of hydrogen-bond donors (Lipinski definition) is 0. The van der Waals surface area contributed by atoms with Gasteiger partial charge in [-0.15, -0.1) is 3.89 Å². The van der Waals surface area contributed by atoms with E-state index in [2.05, 4.69) is 4.74 Å². The normalized spacial score (nSPS) is 11.2. The molecule has 0 bridgehead atoms. The lowest BCUT2D eigenvalue weighted by atomic mass is 10.3. The Bertz CT molecular complexity index is 234. The predicted octanol–water partition coefficient (Wildman–Crippen LogP) is 0.629. The summed E-state index contributed by atoms with van der Waals surface area (Å²) in [6.45, 7) is 1.89. The predicted molar refractivity (Wildman–Crippen MR) is 40.8 cm³/mol. The summed E-state index contributed by atoms with van der Waals surface area (Å²) in [5.41, 5.74) is 0. The zero-order chi connectivity index (χ0) is 9.61. The van der Waals surface area contributed by atoms with E-state index in [1.54, 1.807) is 6.92 Å². The number of ether oxygens (including phenoxy) is 1. The smallest absolute Gasteiger partial charge is 0.305 e. The fraction of sp³-hybridized carbons (Fsp3) is 0.833. The molecule has 72 valence electrons. The topological polar surface area (TPSA) is 60.4 Å². The van der Waals surface area contributed by atoms with Gasteiger partial charge in [-0.25, -0.2) is 0 Å². The minimum absolute atomic E-state index is 0.0301. The van der Waals surface area contributed by atoms with Crippen LogP contribution in [-0.2, 0) is 19.8 Å². The average Bonchev–Trinajstić information content (AvgIpc) is 1.84. The van der Waals surface area contributed by atoms with Crippen LogP contribution in [0.1, 0.15) is 19.8 Å². The summed E-state index contributed by atoms with van der Waals surface area (Å²) in [7, 11) is -4.44. The number of rotatable bonds is 5. The molecular weight excluding hydrogens is 187 g/mol.